The molecule has 0 atom stereocenters. The maximum absolute atomic E-state index is 12.3. The second kappa shape index (κ2) is 8.17. The first-order valence-corrected chi connectivity index (χ1v) is 9.62. The van der Waals surface area contributed by atoms with Crippen molar-refractivity contribution in [3.63, 3.8) is 0 Å². The number of hydrogen-bond donors (Lipinski definition) is 1. The van der Waals surface area contributed by atoms with Gasteiger partial charge in [-0.05, 0) is 31.5 Å². The van der Waals surface area contributed by atoms with E-state index in [1.807, 2.05) is 32.0 Å². The third-order valence-corrected chi connectivity index (χ3v) is 5.78. The number of carbonyl (C=O) groups is 1. The molecule has 0 saturated carbocycles. The largest absolute Gasteiger partial charge is 0.467 e. The predicted octanol–water partition coefficient (Wildman–Crippen LogP) is 3.94. The van der Waals surface area contributed by atoms with Crippen LogP contribution in [0.2, 0.25) is 0 Å². The van der Waals surface area contributed by atoms with E-state index in [1.165, 1.54) is 18.1 Å². The van der Waals surface area contributed by atoms with Gasteiger partial charge in [0.05, 0.1) is 22.9 Å². The van der Waals surface area contributed by atoms with Crippen LogP contribution >= 0.6 is 23.1 Å². The van der Waals surface area contributed by atoms with Gasteiger partial charge in [-0.15, -0.1) is 23.1 Å². The molecule has 0 aliphatic rings. The second-order valence-corrected chi connectivity index (χ2v) is 7.64. The van der Waals surface area contributed by atoms with Crippen molar-refractivity contribution in [2.45, 2.75) is 18.7 Å². The summed E-state index contributed by atoms with van der Waals surface area (Å²) in [5.41, 5.74) is 1.73. The average Bonchev–Trinajstić information content (AvgIpc) is 2.94. The highest BCUT2D eigenvalue weighted by molar-refractivity contribution is 7.99. The summed E-state index contributed by atoms with van der Waals surface area (Å²) < 4.78 is 5.65. The lowest BCUT2D eigenvalue weighted by Crippen LogP contribution is -2.21. The Morgan fingerprint density at radius 2 is 2.15 bits per heavy atom. The Morgan fingerprint density at radius 1 is 1.35 bits per heavy atom. The van der Waals surface area contributed by atoms with E-state index in [9.17, 15) is 4.79 Å². The monoisotopic (exact) mass is 384 g/mol. The molecule has 1 N–H and O–H groups in total. The number of aromatic nitrogens is 2. The van der Waals surface area contributed by atoms with Gasteiger partial charge in [0.2, 0.25) is 5.88 Å². The third kappa shape index (κ3) is 3.95. The standard InChI is InChI=1S/C18H16N4O2S2/c1-11-12(2)26-18-16(11)17(20-10-21-18)24-9-15(23)22-13-5-3-4-6-14(13)25-8-7-19/h3-6,10H,8-9H2,1-2H3,(H,22,23). The first-order valence-electron chi connectivity index (χ1n) is 7.82. The fourth-order valence-corrected chi connectivity index (χ4v) is 4.04. The van der Waals surface area contributed by atoms with Crippen molar-refractivity contribution in [2.24, 2.45) is 0 Å². The zero-order valence-corrected chi connectivity index (χ0v) is 15.9. The Hall–Kier alpha value is -2.63. The molecule has 0 radical (unpaired) electrons. The average molecular weight is 384 g/mol. The van der Waals surface area contributed by atoms with Gasteiger partial charge in [0, 0.05) is 9.77 Å². The van der Waals surface area contributed by atoms with Crippen LogP contribution in [0.25, 0.3) is 10.2 Å². The van der Waals surface area contributed by atoms with Gasteiger partial charge in [-0.1, -0.05) is 12.1 Å². The summed E-state index contributed by atoms with van der Waals surface area (Å²) in [6.45, 7) is 3.86. The van der Waals surface area contributed by atoms with Crippen LogP contribution in [-0.2, 0) is 4.79 Å². The molecule has 3 rings (SSSR count). The smallest absolute Gasteiger partial charge is 0.262 e. The topological polar surface area (TPSA) is 87.9 Å². The quantitative estimate of drug-likeness (QED) is 0.648. The third-order valence-electron chi connectivity index (χ3n) is 3.72. The molecular formula is C18H16N4O2S2. The van der Waals surface area contributed by atoms with Crippen LogP contribution in [0.3, 0.4) is 0 Å². The number of amides is 1. The molecule has 2 heterocycles. The lowest BCUT2D eigenvalue weighted by Gasteiger charge is -2.10. The number of thiophene rings is 1. The zero-order chi connectivity index (χ0) is 18.5. The molecule has 0 spiro atoms. The van der Waals surface area contributed by atoms with Crippen molar-refractivity contribution in [2.75, 3.05) is 17.7 Å². The van der Waals surface area contributed by atoms with E-state index in [0.717, 1.165) is 25.6 Å². The van der Waals surface area contributed by atoms with Crippen molar-refractivity contribution in [1.82, 2.24) is 9.97 Å². The summed E-state index contributed by atoms with van der Waals surface area (Å²) >= 11 is 2.95. The minimum Gasteiger partial charge on any atom is -0.467 e. The van der Waals surface area contributed by atoms with Gasteiger partial charge in [-0.25, -0.2) is 9.97 Å². The molecule has 26 heavy (non-hydrogen) atoms. The molecule has 132 valence electrons. The SMILES string of the molecule is Cc1sc2ncnc(OCC(=O)Nc3ccccc3SCC#N)c2c1C. The summed E-state index contributed by atoms with van der Waals surface area (Å²) in [4.78, 5) is 23.6. The molecule has 0 aliphatic heterocycles. The first-order chi connectivity index (χ1) is 12.6. The second-order valence-electron chi connectivity index (χ2n) is 5.42. The Kier molecular flexibility index (Phi) is 5.71. The van der Waals surface area contributed by atoms with E-state index < -0.39 is 0 Å². The molecule has 1 amide bonds. The number of nitrogens with zero attached hydrogens (tertiary/aromatic N) is 3. The summed E-state index contributed by atoms with van der Waals surface area (Å²) in [5, 5.41) is 12.4. The molecular weight excluding hydrogens is 368 g/mol. The number of benzene rings is 1. The minimum absolute atomic E-state index is 0.155. The highest BCUT2D eigenvalue weighted by Crippen LogP contribution is 2.33. The number of nitrogens with one attached hydrogen (secondary N) is 1. The Morgan fingerprint density at radius 3 is 2.96 bits per heavy atom. The van der Waals surface area contributed by atoms with Crippen molar-refractivity contribution >= 4 is 44.9 Å². The number of hydrogen-bond acceptors (Lipinski definition) is 7. The molecule has 0 bridgehead atoms. The van der Waals surface area contributed by atoms with E-state index in [-0.39, 0.29) is 12.5 Å². The van der Waals surface area contributed by atoms with Gasteiger partial charge in [0.15, 0.2) is 6.61 Å². The van der Waals surface area contributed by atoms with Crippen LogP contribution in [0.15, 0.2) is 35.5 Å². The van der Waals surface area contributed by atoms with Gasteiger partial charge in [0.1, 0.15) is 11.2 Å². The van der Waals surface area contributed by atoms with Gasteiger partial charge < -0.3 is 10.1 Å². The van der Waals surface area contributed by atoms with Crippen molar-refractivity contribution < 1.29 is 9.53 Å². The number of ether oxygens (including phenoxy) is 1. The van der Waals surface area contributed by atoms with Crippen LogP contribution < -0.4 is 10.1 Å². The number of anilines is 1. The van der Waals surface area contributed by atoms with E-state index in [0.29, 0.717) is 17.3 Å². The van der Waals surface area contributed by atoms with E-state index in [2.05, 4.69) is 21.4 Å². The lowest BCUT2D eigenvalue weighted by atomic mass is 10.2. The van der Waals surface area contributed by atoms with Crippen LogP contribution in [0.1, 0.15) is 10.4 Å². The first kappa shape index (κ1) is 18.2. The predicted molar refractivity (Wildman–Crippen MR) is 104 cm³/mol. The molecule has 8 heteroatoms. The Bertz CT molecular complexity index is 995. The van der Waals surface area contributed by atoms with E-state index >= 15 is 0 Å². The highest BCUT2D eigenvalue weighted by atomic mass is 32.2. The summed E-state index contributed by atoms with van der Waals surface area (Å²) in [6.07, 6.45) is 1.44. The molecule has 2 aromatic heterocycles. The molecule has 0 fully saturated rings. The molecule has 6 nitrogen and oxygen atoms in total. The maximum atomic E-state index is 12.3. The van der Waals surface area contributed by atoms with Gasteiger partial charge in [-0.2, -0.15) is 5.26 Å². The normalized spacial score (nSPS) is 10.5. The number of para-hydroxylation sites is 1. The number of aryl methyl sites for hydroxylation is 2. The van der Waals surface area contributed by atoms with Crippen LogP contribution in [0.5, 0.6) is 5.88 Å². The summed E-state index contributed by atoms with van der Waals surface area (Å²) in [6, 6.07) is 9.44. The van der Waals surface area contributed by atoms with Crippen LogP contribution in [0, 0.1) is 25.2 Å². The van der Waals surface area contributed by atoms with Gasteiger partial charge in [0.25, 0.3) is 5.91 Å². The molecule has 0 aliphatic carbocycles. The minimum atomic E-state index is -0.286. The fourth-order valence-electron chi connectivity index (χ4n) is 2.39. The fraction of sp³-hybridized carbons (Fsp3) is 0.222. The highest BCUT2D eigenvalue weighted by Gasteiger charge is 2.14. The Labute approximate surface area is 159 Å². The maximum Gasteiger partial charge on any atom is 0.262 e. The van der Waals surface area contributed by atoms with Gasteiger partial charge >= 0.3 is 0 Å². The van der Waals surface area contributed by atoms with Crippen LogP contribution in [-0.4, -0.2) is 28.2 Å². The molecule has 0 unspecified atom stereocenters. The van der Waals surface area contributed by atoms with E-state index in [1.54, 1.807) is 17.4 Å². The lowest BCUT2D eigenvalue weighted by molar-refractivity contribution is -0.118. The summed E-state index contributed by atoms with van der Waals surface area (Å²) in [7, 11) is 0. The zero-order valence-electron chi connectivity index (χ0n) is 14.3. The number of nitriles is 1. The number of thioether (sulfide) groups is 1. The van der Waals surface area contributed by atoms with Crippen LogP contribution in [0.4, 0.5) is 5.69 Å². The number of carbonyl (C=O) groups excluding carboxylic acids is 1. The van der Waals surface area contributed by atoms with Gasteiger partial charge in [-0.3, -0.25) is 4.79 Å². The van der Waals surface area contributed by atoms with Crippen molar-refractivity contribution in [3.8, 4) is 11.9 Å². The summed E-state index contributed by atoms with van der Waals surface area (Å²) in [5.74, 6) is 0.449. The number of rotatable bonds is 6. The van der Waals surface area contributed by atoms with Crippen molar-refractivity contribution in [3.05, 3.63) is 41.0 Å². The number of fused-ring (bicyclic) bond motifs is 1. The van der Waals surface area contributed by atoms with Crippen molar-refractivity contribution in [1.29, 1.82) is 5.26 Å². The Balaban J connectivity index is 1.70. The van der Waals surface area contributed by atoms with E-state index in [4.69, 9.17) is 10.00 Å². The molecule has 0 saturated heterocycles. The molecule has 3 aromatic rings. The molecule has 1 aromatic carbocycles.